The van der Waals surface area contributed by atoms with Crippen molar-refractivity contribution in [1.82, 2.24) is 0 Å². The molecule has 0 fully saturated rings. The number of hydrogen-bond donors (Lipinski definition) is 1. The van der Waals surface area contributed by atoms with Crippen molar-refractivity contribution in [3.63, 3.8) is 0 Å². The predicted molar refractivity (Wildman–Crippen MR) is 60.5 cm³/mol. The van der Waals surface area contributed by atoms with Gasteiger partial charge < -0.3 is 5.11 Å². The van der Waals surface area contributed by atoms with Crippen molar-refractivity contribution in [3.05, 3.63) is 44.3 Å². The van der Waals surface area contributed by atoms with Crippen LogP contribution in [0, 0.1) is 11.8 Å². The number of rotatable bonds is 1. The molecular weight excluding hydrogens is 212 g/mol. The van der Waals surface area contributed by atoms with Gasteiger partial charge in [0, 0.05) is 4.88 Å². The highest BCUT2D eigenvalue weighted by molar-refractivity contribution is 7.12. The molecule has 2 rings (SSSR count). The lowest BCUT2D eigenvalue weighted by Crippen LogP contribution is -1.69. The van der Waals surface area contributed by atoms with Crippen LogP contribution in [0.5, 0.6) is 0 Å². The van der Waals surface area contributed by atoms with E-state index in [4.69, 9.17) is 5.11 Å². The molecule has 0 aliphatic rings. The van der Waals surface area contributed by atoms with Gasteiger partial charge in [-0.25, -0.2) is 0 Å². The second-order valence-corrected chi connectivity index (χ2v) is 4.77. The SMILES string of the molecule is OCc1ccc(C#Cc2cccs2)s1. The van der Waals surface area contributed by atoms with Gasteiger partial charge in [0.25, 0.3) is 0 Å². The van der Waals surface area contributed by atoms with E-state index in [0.717, 1.165) is 14.6 Å². The molecule has 1 N–H and O–H groups in total. The summed E-state index contributed by atoms with van der Waals surface area (Å²) in [4.78, 5) is 3.03. The molecule has 0 spiro atoms. The van der Waals surface area contributed by atoms with Crippen molar-refractivity contribution >= 4 is 22.7 Å². The molecule has 0 aliphatic heterocycles. The Morgan fingerprint density at radius 3 is 2.64 bits per heavy atom. The fraction of sp³-hybridized carbons (Fsp3) is 0.0909. The highest BCUT2D eigenvalue weighted by Gasteiger charge is 1.94. The molecule has 0 bridgehead atoms. The molecule has 0 radical (unpaired) electrons. The Hall–Kier alpha value is -1.08. The molecule has 0 unspecified atom stereocenters. The molecule has 70 valence electrons. The van der Waals surface area contributed by atoms with E-state index in [1.54, 1.807) is 11.3 Å². The summed E-state index contributed by atoms with van der Waals surface area (Å²) in [6.07, 6.45) is 0. The number of hydrogen-bond acceptors (Lipinski definition) is 3. The van der Waals surface area contributed by atoms with E-state index in [1.165, 1.54) is 11.3 Å². The molecule has 2 aromatic heterocycles. The summed E-state index contributed by atoms with van der Waals surface area (Å²) in [5.41, 5.74) is 0. The predicted octanol–water partition coefficient (Wildman–Crippen LogP) is 2.70. The van der Waals surface area contributed by atoms with Crippen molar-refractivity contribution < 1.29 is 5.11 Å². The Bertz CT molecular complexity index is 457. The van der Waals surface area contributed by atoms with Crippen molar-refractivity contribution in [3.8, 4) is 11.8 Å². The van der Waals surface area contributed by atoms with E-state index in [9.17, 15) is 0 Å². The summed E-state index contributed by atoms with van der Waals surface area (Å²) in [7, 11) is 0. The average molecular weight is 220 g/mol. The first-order chi connectivity index (χ1) is 6.88. The first-order valence-electron chi connectivity index (χ1n) is 4.13. The Labute approximate surface area is 90.7 Å². The van der Waals surface area contributed by atoms with Crippen LogP contribution in [0.2, 0.25) is 0 Å². The fourth-order valence-electron chi connectivity index (χ4n) is 1.00. The largest absolute Gasteiger partial charge is 0.391 e. The Kier molecular flexibility index (Phi) is 3.00. The summed E-state index contributed by atoms with van der Waals surface area (Å²) in [6, 6.07) is 7.83. The van der Waals surface area contributed by atoms with Crippen LogP contribution >= 0.6 is 22.7 Å². The lowest BCUT2D eigenvalue weighted by Gasteiger charge is -1.81. The molecular formula is C11H8OS2. The smallest absolute Gasteiger partial charge is 0.0776 e. The molecule has 0 saturated heterocycles. The summed E-state index contributed by atoms with van der Waals surface area (Å²) in [6.45, 7) is 0.103. The summed E-state index contributed by atoms with van der Waals surface area (Å²) >= 11 is 3.17. The first-order valence-corrected chi connectivity index (χ1v) is 5.83. The zero-order valence-electron chi connectivity index (χ0n) is 7.36. The standard InChI is InChI=1S/C11H8OS2/c12-8-11-6-5-10(14-11)4-3-9-2-1-7-13-9/h1-2,5-7,12H,8H2. The number of aliphatic hydroxyl groups excluding tert-OH is 1. The topological polar surface area (TPSA) is 20.2 Å². The quantitative estimate of drug-likeness (QED) is 0.733. The van der Waals surface area contributed by atoms with Gasteiger partial charge in [0.1, 0.15) is 0 Å². The minimum absolute atomic E-state index is 0.103. The third-order valence-corrected chi connectivity index (χ3v) is 3.42. The molecule has 0 amide bonds. The van der Waals surface area contributed by atoms with Crippen LogP contribution in [0.15, 0.2) is 29.6 Å². The molecule has 0 aromatic carbocycles. The van der Waals surface area contributed by atoms with Crippen LogP contribution in [0.3, 0.4) is 0 Å². The summed E-state index contributed by atoms with van der Waals surface area (Å²) in [5, 5.41) is 10.9. The van der Waals surface area contributed by atoms with E-state index in [-0.39, 0.29) is 6.61 Å². The number of aliphatic hydroxyl groups is 1. The molecule has 14 heavy (non-hydrogen) atoms. The maximum atomic E-state index is 8.87. The average Bonchev–Trinajstić information content (AvgIpc) is 2.86. The van der Waals surface area contributed by atoms with Crippen LogP contribution in [-0.2, 0) is 6.61 Å². The highest BCUT2D eigenvalue weighted by atomic mass is 32.1. The first kappa shape index (κ1) is 9.47. The fourth-order valence-corrected chi connectivity index (χ4v) is 2.30. The zero-order chi connectivity index (χ0) is 9.80. The molecule has 2 heterocycles. The van der Waals surface area contributed by atoms with Gasteiger partial charge in [0.2, 0.25) is 0 Å². The molecule has 2 aromatic rings. The van der Waals surface area contributed by atoms with E-state index in [1.807, 2.05) is 29.6 Å². The third-order valence-electron chi connectivity index (χ3n) is 1.65. The molecule has 0 saturated carbocycles. The monoisotopic (exact) mass is 220 g/mol. The summed E-state index contributed by atoms with van der Waals surface area (Å²) in [5.74, 6) is 6.15. The van der Waals surface area contributed by atoms with Crippen molar-refractivity contribution in [2.24, 2.45) is 0 Å². The normalized spacial score (nSPS) is 9.50. The second-order valence-electron chi connectivity index (χ2n) is 2.65. The van der Waals surface area contributed by atoms with Crippen LogP contribution in [0.25, 0.3) is 0 Å². The lowest BCUT2D eigenvalue weighted by molar-refractivity contribution is 0.285. The van der Waals surface area contributed by atoms with Gasteiger partial charge in [-0.2, -0.15) is 0 Å². The molecule has 0 aliphatic carbocycles. The van der Waals surface area contributed by atoms with Crippen LogP contribution in [0.4, 0.5) is 0 Å². The molecule has 1 nitrogen and oxygen atoms in total. The van der Waals surface area contributed by atoms with E-state index >= 15 is 0 Å². The minimum Gasteiger partial charge on any atom is -0.391 e. The van der Waals surface area contributed by atoms with Gasteiger partial charge in [-0.05, 0) is 35.4 Å². The van der Waals surface area contributed by atoms with Gasteiger partial charge in [-0.3, -0.25) is 0 Å². The Morgan fingerprint density at radius 2 is 2.00 bits per heavy atom. The third kappa shape index (κ3) is 2.24. The van der Waals surface area contributed by atoms with Crippen molar-refractivity contribution in [2.45, 2.75) is 6.61 Å². The maximum Gasteiger partial charge on any atom is 0.0776 e. The van der Waals surface area contributed by atoms with Crippen LogP contribution in [-0.4, -0.2) is 5.11 Å². The van der Waals surface area contributed by atoms with E-state index in [2.05, 4.69) is 11.8 Å². The lowest BCUT2D eigenvalue weighted by atomic mass is 10.4. The molecule has 3 heteroatoms. The molecule has 0 atom stereocenters. The highest BCUT2D eigenvalue weighted by Crippen LogP contribution is 2.15. The van der Waals surface area contributed by atoms with E-state index in [0.29, 0.717) is 0 Å². The van der Waals surface area contributed by atoms with Gasteiger partial charge in [0.15, 0.2) is 0 Å². The Balaban J connectivity index is 2.17. The van der Waals surface area contributed by atoms with Gasteiger partial charge in [-0.15, -0.1) is 22.7 Å². The van der Waals surface area contributed by atoms with Crippen molar-refractivity contribution in [2.75, 3.05) is 0 Å². The zero-order valence-corrected chi connectivity index (χ0v) is 8.99. The van der Waals surface area contributed by atoms with Crippen molar-refractivity contribution in [1.29, 1.82) is 0 Å². The van der Waals surface area contributed by atoms with Gasteiger partial charge in [0.05, 0.1) is 16.4 Å². The second kappa shape index (κ2) is 4.43. The maximum absolute atomic E-state index is 8.87. The van der Waals surface area contributed by atoms with E-state index < -0.39 is 0 Å². The van der Waals surface area contributed by atoms with Gasteiger partial charge in [-0.1, -0.05) is 6.07 Å². The number of thiophene rings is 2. The minimum atomic E-state index is 0.103. The Morgan fingerprint density at radius 1 is 1.14 bits per heavy atom. The van der Waals surface area contributed by atoms with Gasteiger partial charge >= 0.3 is 0 Å². The van der Waals surface area contributed by atoms with Crippen LogP contribution < -0.4 is 0 Å². The van der Waals surface area contributed by atoms with Crippen LogP contribution in [0.1, 0.15) is 14.6 Å². The summed E-state index contributed by atoms with van der Waals surface area (Å²) < 4.78 is 0.